The Morgan fingerprint density at radius 1 is 1.32 bits per heavy atom. The molecule has 1 N–H and O–H groups in total. The van der Waals surface area contributed by atoms with Gasteiger partial charge in [0.25, 0.3) is 5.69 Å². The minimum Gasteiger partial charge on any atom is -0.495 e. The van der Waals surface area contributed by atoms with Crippen LogP contribution in [0.15, 0.2) is 36.4 Å². The molecule has 0 heterocycles. The molecule has 130 valence electrons. The predicted octanol–water partition coefficient (Wildman–Crippen LogP) is 4.87. The normalized spacial score (nSPS) is 10.7. The Morgan fingerprint density at radius 3 is 2.68 bits per heavy atom. The monoisotopic (exact) mass is 380 g/mol. The molecule has 25 heavy (non-hydrogen) atoms. The molecule has 0 saturated carbocycles. The highest BCUT2D eigenvalue weighted by atomic mass is 35.5. The van der Waals surface area contributed by atoms with Crippen LogP contribution in [0, 0.1) is 17.0 Å². The number of nitro benzene ring substituents is 1. The number of hydrogen-bond acceptors (Lipinski definition) is 4. The van der Waals surface area contributed by atoms with Gasteiger partial charge in [0.15, 0.2) is 0 Å². The van der Waals surface area contributed by atoms with E-state index in [1.807, 2.05) is 0 Å². The Bertz CT molecular complexity index is 866. The number of carbonyl (C=O) groups excluding carboxylic acids is 1. The first kappa shape index (κ1) is 18.8. The lowest BCUT2D eigenvalue weighted by Crippen LogP contribution is -2.09. The highest BCUT2D eigenvalue weighted by Gasteiger charge is 2.14. The first-order valence-electron chi connectivity index (χ1n) is 7.09. The molecule has 2 aromatic carbocycles. The maximum Gasteiger partial charge on any atom is 0.274 e. The van der Waals surface area contributed by atoms with Gasteiger partial charge in [0.05, 0.1) is 28.3 Å². The number of benzene rings is 2. The van der Waals surface area contributed by atoms with E-state index < -0.39 is 10.8 Å². The summed E-state index contributed by atoms with van der Waals surface area (Å²) in [5.41, 5.74) is 1.20. The molecule has 1 amide bonds. The third-order valence-corrected chi connectivity index (χ3v) is 3.91. The van der Waals surface area contributed by atoms with Gasteiger partial charge >= 0.3 is 0 Å². The fraction of sp³-hybridized carbons (Fsp3) is 0.118. The number of hydrogen-bond donors (Lipinski definition) is 1. The Balaban J connectivity index is 2.23. The third kappa shape index (κ3) is 4.49. The lowest BCUT2D eigenvalue weighted by atomic mass is 10.1. The number of carbonyl (C=O) groups is 1. The van der Waals surface area contributed by atoms with Gasteiger partial charge in [-0.05, 0) is 31.2 Å². The molecule has 0 atom stereocenters. The van der Waals surface area contributed by atoms with Crippen LogP contribution in [-0.4, -0.2) is 17.9 Å². The van der Waals surface area contributed by atoms with Crippen molar-refractivity contribution in [1.29, 1.82) is 0 Å². The smallest absolute Gasteiger partial charge is 0.274 e. The lowest BCUT2D eigenvalue weighted by molar-refractivity contribution is -0.385. The van der Waals surface area contributed by atoms with E-state index in [2.05, 4.69) is 5.32 Å². The second-order valence-corrected chi connectivity index (χ2v) is 5.88. The number of anilines is 1. The van der Waals surface area contributed by atoms with E-state index in [1.165, 1.54) is 37.5 Å². The third-order valence-electron chi connectivity index (χ3n) is 3.42. The van der Waals surface area contributed by atoms with Gasteiger partial charge < -0.3 is 10.1 Å². The molecule has 2 aromatic rings. The number of ether oxygens (including phenoxy) is 1. The van der Waals surface area contributed by atoms with Crippen molar-refractivity contribution in [3.63, 3.8) is 0 Å². The van der Waals surface area contributed by atoms with Crippen molar-refractivity contribution in [2.24, 2.45) is 0 Å². The van der Waals surface area contributed by atoms with Crippen molar-refractivity contribution in [3.8, 4) is 5.75 Å². The number of nitro groups is 1. The van der Waals surface area contributed by atoms with E-state index in [9.17, 15) is 14.9 Å². The van der Waals surface area contributed by atoms with Crippen molar-refractivity contribution in [3.05, 3.63) is 67.7 Å². The van der Waals surface area contributed by atoms with Crippen LogP contribution in [0.1, 0.15) is 11.1 Å². The molecule has 0 aliphatic heterocycles. The molecule has 0 radical (unpaired) electrons. The molecule has 2 rings (SSSR count). The topological polar surface area (TPSA) is 81.5 Å². The average molecular weight is 381 g/mol. The quantitative estimate of drug-likeness (QED) is 0.455. The van der Waals surface area contributed by atoms with Gasteiger partial charge in [-0.25, -0.2) is 0 Å². The van der Waals surface area contributed by atoms with Crippen LogP contribution < -0.4 is 10.1 Å². The second-order valence-electron chi connectivity index (χ2n) is 5.04. The summed E-state index contributed by atoms with van der Waals surface area (Å²) < 4.78 is 5.19. The molecule has 0 fully saturated rings. The summed E-state index contributed by atoms with van der Waals surface area (Å²) in [7, 11) is 1.46. The van der Waals surface area contributed by atoms with Crippen molar-refractivity contribution >= 4 is 46.6 Å². The molecule has 0 aliphatic carbocycles. The number of halogens is 2. The molecule has 0 saturated heterocycles. The fourth-order valence-corrected chi connectivity index (χ4v) is 2.80. The van der Waals surface area contributed by atoms with Crippen LogP contribution in [0.5, 0.6) is 5.75 Å². The van der Waals surface area contributed by atoms with Crippen LogP contribution in [0.25, 0.3) is 6.08 Å². The van der Waals surface area contributed by atoms with Gasteiger partial charge in [-0.3, -0.25) is 14.9 Å². The van der Waals surface area contributed by atoms with Crippen LogP contribution in [-0.2, 0) is 4.79 Å². The summed E-state index contributed by atoms with van der Waals surface area (Å²) in [6.07, 6.45) is 2.77. The van der Waals surface area contributed by atoms with E-state index in [-0.39, 0.29) is 5.69 Å². The number of nitrogens with zero attached hydrogens (tertiary/aromatic N) is 1. The summed E-state index contributed by atoms with van der Waals surface area (Å²) in [5, 5.41) is 14.3. The standard InChI is InChI=1S/C17H14Cl2N2O4/c1-10-14(4-3-5-15(10)21(23)24)20-16(22)7-6-11-8-12(18)9-13(19)17(11)25-2/h3-9H,1-2H3,(H,20,22)/b7-6+. The molecular formula is C17H14Cl2N2O4. The first-order valence-corrected chi connectivity index (χ1v) is 7.85. The molecule has 0 aromatic heterocycles. The number of nitrogens with one attached hydrogen (secondary N) is 1. The van der Waals surface area contributed by atoms with E-state index >= 15 is 0 Å². The van der Waals surface area contributed by atoms with Crippen LogP contribution in [0.4, 0.5) is 11.4 Å². The minimum atomic E-state index is -0.500. The number of methoxy groups -OCH3 is 1. The Kier molecular flexibility index (Phi) is 6.01. The molecule has 0 bridgehead atoms. The maximum atomic E-state index is 12.1. The van der Waals surface area contributed by atoms with Gasteiger partial charge in [-0.2, -0.15) is 0 Å². The van der Waals surface area contributed by atoms with Gasteiger partial charge in [-0.15, -0.1) is 0 Å². The molecule has 0 aliphatic rings. The van der Waals surface area contributed by atoms with Gasteiger partial charge in [0.2, 0.25) is 5.91 Å². The largest absolute Gasteiger partial charge is 0.495 e. The number of rotatable bonds is 5. The van der Waals surface area contributed by atoms with Gasteiger partial charge in [0, 0.05) is 22.7 Å². The maximum absolute atomic E-state index is 12.1. The van der Waals surface area contributed by atoms with E-state index in [1.54, 1.807) is 19.1 Å². The predicted molar refractivity (Wildman–Crippen MR) is 98.5 cm³/mol. The summed E-state index contributed by atoms with van der Waals surface area (Å²) in [6, 6.07) is 7.61. The highest BCUT2D eigenvalue weighted by Crippen LogP contribution is 2.33. The lowest BCUT2D eigenvalue weighted by Gasteiger charge is -2.08. The minimum absolute atomic E-state index is 0.0647. The first-order chi connectivity index (χ1) is 11.8. The average Bonchev–Trinajstić information content (AvgIpc) is 2.54. The van der Waals surface area contributed by atoms with Crippen molar-refractivity contribution in [2.45, 2.75) is 6.92 Å². The molecule has 6 nitrogen and oxygen atoms in total. The zero-order valence-electron chi connectivity index (χ0n) is 13.4. The molecular weight excluding hydrogens is 367 g/mol. The molecule has 0 spiro atoms. The van der Waals surface area contributed by atoms with Crippen molar-refractivity contribution in [1.82, 2.24) is 0 Å². The van der Waals surface area contributed by atoms with Crippen LogP contribution >= 0.6 is 23.2 Å². The molecule has 8 heteroatoms. The summed E-state index contributed by atoms with van der Waals surface area (Å²) in [6.45, 7) is 1.57. The zero-order valence-corrected chi connectivity index (χ0v) is 14.9. The zero-order chi connectivity index (χ0) is 18.6. The van der Waals surface area contributed by atoms with Gasteiger partial charge in [0.1, 0.15) is 5.75 Å². The summed E-state index contributed by atoms with van der Waals surface area (Å²) >= 11 is 12.0. The Morgan fingerprint density at radius 2 is 2.04 bits per heavy atom. The van der Waals surface area contributed by atoms with Crippen LogP contribution in [0.3, 0.4) is 0 Å². The second kappa shape index (κ2) is 8.00. The Hall–Kier alpha value is -2.57. The SMILES string of the molecule is COc1c(Cl)cc(Cl)cc1/C=C/C(=O)Nc1cccc([N+](=O)[O-])c1C. The summed E-state index contributed by atoms with van der Waals surface area (Å²) in [4.78, 5) is 22.6. The number of amides is 1. The van der Waals surface area contributed by atoms with E-state index in [0.717, 1.165) is 0 Å². The van der Waals surface area contributed by atoms with E-state index in [4.69, 9.17) is 27.9 Å². The van der Waals surface area contributed by atoms with Gasteiger partial charge in [-0.1, -0.05) is 29.3 Å². The highest BCUT2D eigenvalue weighted by molar-refractivity contribution is 6.36. The Labute approximate surface area is 154 Å². The van der Waals surface area contributed by atoms with E-state index in [0.29, 0.717) is 32.6 Å². The van der Waals surface area contributed by atoms with Crippen LogP contribution in [0.2, 0.25) is 10.0 Å². The molecule has 0 unspecified atom stereocenters. The summed E-state index contributed by atoms with van der Waals surface area (Å²) in [5.74, 6) is -0.0663. The van der Waals surface area contributed by atoms with Crippen molar-refractivity contribution in [2.75, 3.05) is 12.4 Å². The van der Waals surface area contributed by atoms with Crippen molar-refractivity contribution < 1.29 is 14.5 Å². The fourth-order valence-electron chi connectivity index (χ4n) is 2.22.